The van der Waals surface area contributed by atoms with E-state index in [0.29, 0.717) is 31.1 Å². The summed E-state index contributed by atoms with van der Waals surface area (Å²) in [6.07, 6.45) is 1.79. The molecule has 1 aromatic heterocycles. The van der Waals surface area contributed by atoms with Crippen LogP contribution in [0.5, 0.6) is 0 Å². The maximum absolute atomic E-state index is 10.3. The number of amides is 1. The van der Waals surface area contributed by atoms with Gasteiger partial charge in [-0.05, 0) is 24.8 Å². The molecule has 0 bridgehead atoms. The van der Waals surface area contributed by atoms with Crippen molar-refractivity contribution in [2.75, 3.05) is 6.54 Å². The van der Waals surface area contributed by atoms with E-state index in [1.807, 2.05) is 30.3 Å². The Labute approximate surface area is 128 Å². The summed E-state index contributed by atoms with van der Waals surface area (Å²) in [5.41, 5.74) is 7.12. The molecule has 1 amide bonds. The molecule has 1 unspecified atom stereocenters. The van der Waals surface area contributed by atoms with Gasteiger partial charge in [0.05, 0.1) is 6.04 Å². The molecule has 0 saturated carbocycles. The number of unbranched alkanes of at least 4 members (excludes halogenated alkanes) is 1. The summed E-state index contributed by atoms with van der Waals surface area (Å²) in [4.78, 5) is 14.6. The minimum absolute atomic E-state index is 0.318. The van der Waals surface area contributed by atoms with Crippen molar-refractivity contribution < 1.29 is 14.4 Å². The average Bonchev–Trinajstić information content (AvgIpc) is 2.96. The van der Waals surface area contributed by atoms with Gasteiger partial charge < -0.3 is 20.7 Å². The summed E-state index contributed by atoms with van der Waals surface area (Å²) in [5.74, 6) is 1.04. The van der Waals surface area contributed by atoms with Gasteiger partial charge in [-0.15, -0.1) is 0 Å². The Balaban J connectivity index is 1.76. The van der Waals surface area contributed by atoms with Crippen LogP contribution in [0.4, 0.5) is 4.79 Å². The van der Waals surface area contributed by atoms with E-state index < -0.39 is 6.09 Å². The van der Waals surface area contributed by atoms with E-state index in [1.54, 1.807) is 0 Å². The number of rotatable bonds is 8. The van der Waals surface area contributed by atoms with Gasteiger partial charge in [-0.2, -0.15) is 4.98 Å². The molecular weight excluding hydrogens is 284 g/mol. The lowest BCUT2D eigenvalue weighted by Crippen LogP contribution is -2.22. The largest absolute Gasteiger partial charge is 0.465 e. The maximum Gasteiger partial charge on any atom is 0.404 e. The molecule has 22 heavy (non-hydrogen) atoms. The van der Waals surface area contributed by atoms with Gasteiger partial charge in [-0.3, -0.25) is 0 Å². The zero-order chi connectivity index (χ0) is 15.8. The minimum Gasteiger partial charge on any atom is -0.465 e. The molecule has 7 nitrogen and oxygen atoms in total. The fourth-order valence-corrected chi connectivity index (χ4v) is 2.08. The lowest BCUT2D eigenvalue weighted by atomic mass is 10.1. The first-order chi connectivity index (χ1) is 10.6. The van der Waals surface area contributed by atoms with Gasteiger partial charge in [-0.25, -0.2) is 4.79 Å². The van der Waals surface area contributed by atoms with Crippen LogP contribution >= 0.6 is 0 Å². The van der Waals surface area contributed by atoms with Crippen LogP contribution in [-0.2, 0) is 6.42 Å². The smallest absolute Gasteiger partial charge is 0.404 e. The third-order valence-electron chi connectivity index (χ3n) is 3.22. The number of nitrogens with zero attached hydrogens (tertiary/aromatic N) is 2. The van der Waals surface area contributed by atoms with E-state index in [0.717, 1.165) is 18.4 Å². The maximum atomic E-state index is 10.3. The number of benzene rings is 1. The van der Waals surface area contributed by atoms with Crippen LogP contribution < -0.4 is 11.1 Å². The van der Waals surface area contributed by atoms with Gasteiger partial charge in [0.25, 0.3) is 0 Å². The van der Waals surface area contributed by atoms with Crippen molar-refractivity contribution in [2.45, 2.75) is 31.7 Å². The first-order valence-corrected chi connectivity index (χ1v) is 7.24. The first-order valence-electron chi connectivity index (χ1n) is 7.24. The molecule has 0 aliphatic rings. The lowest BCUT2D eigenvalue weighted by Gasteiger charge is -2.06. The summed E-state index contributed by atoms with van der Waals surface area (Å²) in [5, 5.41) is 14.7. The van der Waals surface area contributed by atoms with Crippen molar-refractivity contribution in [3.05, 3.63) is 47.6 Å². The molecule has 0 aliphatic carbocycles. The number of carboxylic acid groups (broad SMARTS) is 1. The predicted octanol–water partition coefficient (Wildman–Crippen LogP) is 2.10. The molecular formula is C15H20N4O3. The average molecular weight is 304 g/mol. The molecule has 0 aliphatic heterocycles. The minimum atomic E-state index is -1.01. The normalized spacial score (nSPS) is 12.0. The second-order valence-corrected chi connectivity index (χ2v) is 5.05. The molecule has 1 heterocycles. The molecule has 2 rings (SSSR count). The van der Waals surface area contributed by atoms with E-state index in [-0.39, 0.29) is 6.04 Å². The Morgan fingerprint density at radius 1 is 1.32 bits per heavy atom. The number of hydrogen-bond acceptors (Lipinski definition) is 5. The zero-order valence-corrected chi connectivity index (χ0v) is 12.2. The fourth-order valence-electron chi connectivity index (χ4n) is 2.08. The number of hydrogen-bond donors (Lipinski definition) is 3. The molecule has 7 heteroatoms. The van der Waals surface area contributed by atoms with E-state index in [2.05, 4.69) is 15.5 Å². The highest BCUT2D eigenvalue weighted by Crippen LogP contribution is 2.15. The summed E-state index contributed by atoms with van der Waals surface area (Å²) in [6.45, 7) is 0.422. The van der Waals surface area contributed by atoms with E-state index >= 15 is 0 Å². The molecule has 1 aromatic carbocycles. The van der Waals surface area contributed by atoms with Crippen LogP contribution in [0.25, 0.3) is 0 Å². The molecule has 0 radical (unpaired) electrons. The summed E-state index contributed by atoms with van der Waals surface area (Å²) < 4.78 is 5.20. The van der Waals surface area contributed by atoms with Crippen LogP contribution in [0, 0.1) is 0 Å². The highest BCUT2D eigenvalue weighted by Gasteiger charge is 2.14. The lowest BCUT2D eigenvalue weighted by molar-refractivity contribution is 0.194. The Bertz CT molecular complexity index is 585. The molecule has 0 saturated heterocycles. The van der Waals surface area contributed by atoms with E-state index in [9.17, 15) is 4.79 Å². The van der Waals surface area contributed by atoms with E-state index in [4.69, 9.17) is 15.4 Å². The molecule has 0 fully saturated rings. The highest BCUT2D eigenvalue weighted by molar-refractivity contribution is 5.64. The van der Waals surface area contributed by atoms with Crippen LogP contribution in [0.2, 0.25) is 0 Å². The quantitative estimate of drug-likeness (QED) is 0.643. The van der Waals surface area contributed by atoms with Crippen LogP contribution in [0.15, 0.2) is 34.9 Å². The van der Waals surface area contributed by atoms with Crippen molar-refractivity contribution in [3.63, 3.8) is 0 Å². The van der Waals surface area contributed by atoms with Crippen molar-refractivity contribution in [1.82, 2.24) is 15.5 Å². The van der Waals surface area contributed by atoms with Crippen molar-refractivity contribution in [2.24, 2.45) is 5.73 Å². The van der Waals surface area contributed by atoms with Gasteiger partial charge in [0, 0.05) is 13.0 Å². The fraction of sp³-hybridized carbons (Fsp3) is 0.400. The molecule has 4 N–H and O–H groups in total. The van der Waals surface area contributed by atoms with Crippen molar-refractivity contribution >= 4 is 6.09 Å². The number of nitrogens with one attached hydrogen (secondary N) is 1. The van der Waals surface area contributed by atoms with Gasteiger partial charge in [0.1, 0.15) is 0 Å². The molecule has 2 aromatic rings. The predicted molar refractivity (Wildman–Crippen MR) is 80.4 cm³/mol. The Hall–Kier alpha value is -2.41. The second kappa shape index (κ2) is 8.14. The summed E-state index contributed by atoms with van der Waals surface area (Å²) in [7, 11) is 0. The zero-order valence-electron chi connectivity index (χ0n) is 12.2. The number of nitrogens with two attached hydrogens (primary N) is 1. The summed E-state index contributed by atoms with van der Waals surface area (Å²) in [6, 6.07) is 9.58. The highest BCUT2D eigenvalue weighted by atomic mass is 16.5. The molecule has 118 valence electrons. The molecule has 0 spiro atoms. The van der Waals surface area contributed by atoms with Gasteiger partial charge in [-0.1, -0.05) is 35.5 Å². The Kier molecular flexibility index (Phi) is 5.91. The SMILES string of the molecule is NC(CCCCNC(=O)O)c1nc(Cc2ccccc2)no1. The van der Waals surface area contributed by atoms with Gasteiger partial charge in [0.15, 0.2) is 5.82 Å². The number of carbonyl (C=O) groups is 1. The van der Waals surface area contributed by atoms with Crippen molar-refractivity contribution in [1.29, 1.82) is 0 Å². The van der Waals surface area contributed by atoms with Crippen LogP contribution in [-0.4, -0.2) is 27.9 Å². The van der Waals surface area contributed by atoms with Gasteiger partial charge >= 0.3 is 6.09 Å². The standard InChI is InChI=1S/C15H20N4O3/c16-12(8-4-5-9-17-15(20)21)14-18-13(19-22-14)10-11-6-2-1-3-7-11/h1-3,6-7,12,17H,4-5,8-10,16H2,(H,20,21). The second-order valence-electron chi connectivity index (χ2n) is 5.05. The number of aromatic nitrogens is 2. The van der Waals surface area contributed by atoms with Gasteiger partial charge in [0.2, 0.25) is 5.89 Å². The van der Waals surface area contributed by atoms with Crippen molar-refractivity contribution in [3.8, 4) is 0 Å². The third-order valence-corrected chi connectivity index (χ3v) is 3.22. The topological polar surface area (TPSA) is 114 Å². The summed E-state index contributed by atoms with van der Waals surface area (Å²) >= 11 is 0. The van der Waals surface area contributed by atoms with Crippen LogP contribution in [0.1, 0.15) is 42.6 Å². The monoisotopic (exact) mass is 304 g/mol. The Morgan fingerprint density at radius 3 is 2.82 bits per heavy atom. The van der Waals surface area contributed by atoms with E-state index in [1.165, 1.54) is 0 Å². The third kappa shape index (κ3) is 5.17. The van der Waals surface area contributed by atoms with Crippen LogP contribution in [0.3, 0.4) is 0 Å². The molecule has 1 atom stereocenters. The Morgan fingerprint density at radius 2 is 2.09 bits per heavy atom. The first kappa shape index (κ1) is 16.0.